The molecule has 3 atom stereocenters. The smallest absolute Gasteiger partial charge is 0.253 e. The lowest BCUT2D eigenvalue weighted by atomic mass is 10.0. The van der Waals surface area contributed by atoms with Gasteiger partial charge in [0.2, 0.25) is 5.95 Å². The Bertz CT molecular complexity index is 1600. The maximum atomic E-state index is 15.2. The van der Waals surface area contributed by atoms with Crippen LogP contribution in [-0.2, 0) is 9.53 Å². The SMILES string of the molecule is N#Cc1cc(-c2ncnc(Nc3ccc(N4CCN(C5COC5)CC4)c(F)c3)n2)ccc1O[C@H]1CCN(C(=O)C(O)CO)C[C@H]1F. The summed E-state index contributed by atoms with van der Waals surface area (Å²) in [6, 6.07) is 12.1. The molecule has 46 heavy (non-hydrogen) atoms. The largest absolute Gasteiger partial charge is 0.486 e. The number of piperidine rings is 1. The number of alkyl halides is 1. The summed E-state index contributed by atoms with van der Waals surface area (Å²) in [5, 5.41) is 31.4. The number of rotatable bonds is 9. The van der Waals surface area contributed by atoms with Crippen molar-refractivity contribution >= 4 is 23.2 Å². The summed E-state index contributed by atoms with van der Waals surface area (Å²) in [5.74, 6) is -0.506. The van der Waals surface area contributed by atoms with Crippen LogP contribution in [-0.4, -0.2) is 124 Å². The van der Waals surface area contributed by atoms with E-state index in [0.717, 1.165) is 44.3 Å². The van der Waals surface area contributed by atoms with Gasteiger partial charge in [-0.2, -0.15) is 10.2 Å². The highest BCUT2D eigenvalue weighted by atomic mass is 19.1. The highest BCUT2D eigenvalue weighted by Gasteiger charge is 2.35. The normalized spacial score (nSPS) is 21.3. The van der Waals surface area contributed by atoms with Crippen molar-refractivity contribution in [3.63, 3.8) is 0 Å². The Morgan fingerprint density at radius 1 is 1.15 bits per heavy atom. The number of anilines is 3. The number of likely N-dealkylation sites (tertiary alicyclic amines) is 1. The zero-order valence-corrected chi connectivity index (χ0v) is 24.9. The molecule has 3 saturated heterocycles. The number of benzene rings is 2. The summed E-state index contributed by atoms with van der Waals surface area (Å²) in [4.78, 5) is 30.4. The van der Waals surface area contributed by atoms with Crippen LogP contribution >= 0.6 is 0 Å². The molecule has 0 radical (unpaired) electrons. The van der Waals surface area contributed by atoms with E-state index < -0.39 is 30.9 Å². The number of aromatic nitrogens is 3. The Balaban J connectivity index is 1.09. The van der Waals surface area contributed by atoms with Crippen LogP contribution in [0.4, 0.5) is 26.1 Å². The minimum absolute atomic E-state index is 0.127. The van der Waals surface area contributed by atoms with Gasteiger partial charge in [0.15, 0.2) is 18.1 Å². The zero-order chi connectivity index (χ0) is 32.2. The highest BCUT2D eigenvalue weighted by Crippen LogP contribution is 2.30. The third-order valence-corrected chi connectivity index (χ3v) is 8.46. The number of nitriles is 1. The molecule has 1 amide bonds. The van der Waals surface area contributed by atoms with E-state index in [2.05, 4.69) is 31.2 Å². The van der Waals surface area contributed by atoms with E-state index in [0.29, 0.717) is 23.0 Å². The average molecular weight is 637 g/mol. The predicted molar refractivity (Wildman–Crippen MR) is 162 cm³/mol. The Labute approximate surface area is 264 Å². The van der Waals surface area contributed by atoms with Crippen molar-refractivity contribution in [2.45, 2.75) is 30.8 Å². The van der Waals surface area contributed by atoms with Crippen LogP contribution in [0.2, 0.25) is 0 Å². The van der Waals surface area contributed by atoms with Gasteiger partial charge in [-0.3, -0.25) is 9.69 Å². The molecule has 3 aliphatic rings. The molecule has 0 saturated carbocycles. The summed E-state index contributed by atoms with van der Waals surface area (Å²) < 4.78 is 41.2. The van der Waals surface area contributed by atoms with Crippen LogP contribution in [0.15, 0.2) is 42.7 Å². The second-order valence-corrected chi connectivity index (χ2v) is 11.4. The first-order chi connectivity index (χ1) is 22.3. The number of halogens is 2. The van der Waals surface area contributed by atoms with Crippen molar-refractivity contribution in [2.75, 3.05) is 69.3 Å². The summed E-state index contributed by atoms with van der Waals surface area (Å²) in [6.07, 6.45) is -2.65. The van der Waals surface area contributed by atoms with E-state index in [1.807, 2.05) is 4.90 Å². The fourth-order valence-electron chi connectivity index (χ4n) is 5.76. The van der Waals surface area contributed by atoms with Crippen LogP contribution in [0.1, 0.15) is 12.0 Å². The van der Waals surface area contributed by atoms with E-state index in [4.69, 9.17) is 14.6 Å². The van der Waals surface area contributed by atoms with Gasteiger partial charge in [-0.15, -0.1) is 0 Å². The molecule has 0 bridgehead atoms. The van der Waals surface area contributed by atoms with Gasteiger partial charge in [0.1, 0.15) is 30.1 Å². The molecule has 3 aliphatic heterocycles. The average Bonchev–Trinajstić information content (AvgIpc) is 3.05. The van der Waals surface area contributed by atoms with Gasteiger partial charge >= 0.3 is 0 Å². The number of amides is 1. The van der Waals surface area contributed by atoms with Crippen molar-refractivity contribution in [2.24, 2.45) is 0 Å². The molecule has 3 aromatic rings. The van der Waals surface area contributed by atoms with Gasteiger partial charge in [-0.25, -0.2) is 18.7 Å². The lowest BCUT2D eigenvalue weighted by molar-refractivity contribution is -0.146. The molecule has 0 aliphatic carbocycles. The van der Waals surface area contributed by atoms with Crippen LogP contribution in [0.3, 0.4) is 0 Å². The molecular weight excluding hydrogens is 602 g/mol. The fourth-order valence-corrected chi connectivity index (χ4v) is 5.76. The first-order valence-electron chi connectivity index (χ1n) is 15.1. The van der Waals surface area contributed by atoms with E-state index in [1.165, 1.54) is 24.5 Å². The quantitative estimate of drug-likeness (QED) is 0.311. The molecule has 3 fully saturated rings. The molecule has 6 rings (SSSR count). The predicted octanol–water partition coefficient (Wildman–Crippen LogP) is 1.48. The Kier molecular flexibility index (Phi) is 9.50. The van der Waals surface area contributed by atoms with Crippen LogP contribution in [0.25, 0.3) is 11.4 Å². The third-order valence-electron chi connectivity index (χ3n) is 8.46. The fraction of sp³-hybridized carbons (Fsp3) is 0.452. The molecule has 242 valence electrons. The monoisotopic (exact) mass is 636 g/mol. The molecule has 3 N–H and O–H groups in total. The van der Waals surface area contributed by atoms with E-state index in [9.17, 15) is 19.6 Å². The molecule has 4 heterocycles. The first kappa shape index (κ1) is 31.5. The van der Waals surface area contributed by atoms with Crippen molar-refractivity contribution < 1.29 is 33.3 Å². The second-order valence-electron chi connectivity index (χ2n) is 11.4. The molecule has 13 nitrogen and oxygen atoms in total. The number of hydrogen-bond acceptors (Lipinski definition) is 12. The van der Waals surface area contributed by atoms with Crippen LogP contribution in [0, 0.1) is 17.1 Å². The molecule has 1 aromatic heterocycles. The minimum atomic E-state index is -1.60. The molecule has 1 unspecified atom stereocenters. The van der Waals surface area contributed by atoms with Gasteiger partial charge in [-0.05, 0) is 36.4 Å². The van der Waals surface area contributed by atoms with Crippen LogP contribution in [0.5, 0.6) is 5.75 Å². The summed E-state index contributed by atoms with van der Waals surface area (Å²) in [6.45, 7) is 3.79. The third kappa shape index (κ3) is 6.85. The number of nitrogens with one attached hydrogen (secondary N) is 1. The number of ether oxygens (including phenoxy) is 2. The van der Waals surface area contributed by atoms with Crippen molar-refractivity contribution in [1.29, 1.82) is 5.26 Å². The Morgan fingerprint density at radius 3 is 2.63 bits per heavy atom. The topological polar surface area (TPSA) is 160 Å². The number of aliphatic hydroxyl groups is 2. The number of piperazine rings is 1. The maximum absolute atomic E-state index is 15.2. The first-order valence-corrected chi connectivity index (χ1v) is 15.1. The summed E-state index contributed by atoms with van der Waals surface area (Å²) in [7, 11) is 0. The molecule has 15 heteroatoms. The second kappa shape index (κ2) is 13.9. The van der Waals surface area contributed by atoms with Crippen molar-refractivity contribution in [3.05, 3.63) is 54.1 Å². The van der Waals surface area contributed by atoms with Gasteiger partial charge < -0.3 is 34.8 Å². The maximum Gasteiger partial charge on any atom is 0.253 e. The number of carbonyl (C=O) groups is 1. The number of nitrogens with zero attached hydrogens (tertiary/aromatic N) is 7. The lowest BCUT2D eigenvalue weighted by Gasteiger charge is -2.43. The van der Waals surface area contributed by atoms with Gasteiger partial charge in [0.25, 0.3) is 5.91 Å². The summed E-state index contributed by atoms with van der Waals surface area (Å²) in [5.41, 5.74) is 1.62. The van der Waals surface area contributed by atoms with Crippen molar-refractivity contribution in [1.82, 2.24) is 24.8 Å². The Morgan fingerprint density at radius 2 is 1.96 bits per heavy atom. The van der Waals surface area contributed by atoms with E-state index in [1.54, 1.807) is 18.2 Å². The van der Waals surface area contributed by atoms with Gasteiger partial charge in [-0.1, -0.05) is 0 Å². The molecule has 2 aromatic carbocycles. The van der Waals surface area contributed by atoms with E-state index in [-0.39, 0.29) is 48.4 Å². The summed E-state index contributed by atoms with van der Waals surface area (Å²) >= 11 is 0. The zero-order valence-electron chi connectivity index (χ0n) is 24.9. The lowest BCUT2D eigenvalue weighted by Crippen LogP contribution is -2.56. The van der Waals surface area contributed by atoms with Gasteiger partial charge in [0.05, 0.1) is 43.7 Å². The standard InChI is InChI=1S/C31H34F2N8O5/c32-23-12-21(2-3-25(23)40-9-7-39(8-10-40)22-16-45-17-22)37-31-36-18-35-29(38-31)19-1-4-27(20(11-19)13-34)46-28-5-6-41(14-24(28)33)30(44)26(43)15-42/h1-4,11-12,18,22,24,26,28,42-43H,5-10,14-17H2,(H,35,36,37,38)/t24-,26?,28+/m1/s1. The molecule has 0 spiro atoms. The van der Waals surface area contributed by atoms with E-state index >= 15 is 4.39 Å². The molecular formula is C31H34F2N8O5. The van der Waals surface area contributed by atoms with Crippen LogP contribution < -0.4 is 15.0 Å². The Hall–Kier alpha value is -4.49. The minimum Gasteiger partial charge on any atom is -0.486 e. The number of carbonyl (C=O) groups excluding carboxylic acids is 1. The number of hydrogen-bond donors (Lipinski definition) is 3. The van der Waals surface area contributed by atoms with Crippen molar-refractivity contribution in [3.8, 4) is 23.2 Å². The number of aliphatic hydroxyl groups excluding tert-OH is 2. The van der Waals surface area contributed by atoms with Gasteiger partial charge in [0, 0.05) is 50.4 Å². The highest BCUT2D eigenvalue weighted by molar-refractivity contribution is 5.81.